The van der Waals surface area contributed by atoms with E-state index in [-0.39, 0.29) is 5.91 Å². The first kappa shape index (κ1) is 12.6. The number of hydrogen-bond donors (Lipinski definition) is 3. The van der Waals surface area contributed by atoms with E-state index < -0.39 is 5.41 Å². The molecule has 0 aliphatic rings. The third-order valence-electron chi connectivity index (χ3n) is 3.26. The van der Waals surface area contributed by atoms with E-state index in [0.29, 0.717) is 6.54 Å². The molecule has 0 spiro atoms. The maximum Gasteiger partial charge on any atom is 0.231 e. The van der Waals surface area contributed by atoms with E-state index in [4.69, 9.17) is 5.73 Å². The lowest BCUT2D eigenvalue weighted by molar-refractivity contribution is -0.123. The van der Waals surface area contributed by atoms with E-state index >= 15 is 0 Å². The van der Waals surface area contributed by atoms with Gasteiger partial charge in [0.15, 0.2) is 0 Å². The van der Waals surface area contributed by atoms with E-state index in [0.717, 1.165) is 22.3 Å². The smallest absolute Gasteiger partial charge is 0.231 e. The van der Waals surface area contributed by atoms with Gasteiger partial charge in [-0.2, -0.15) is 0 Å². The van der Waals surface area contributed by atoms with Crippen LogP contribution in [0, 0.1) is 12.3 Å². The number of nitrogens with two attached hydrogens (primary N) is 1. The molecule has 18 heavy (non-hydrogen) atoms. The third-order valence-corrected chi connectivity index (χ3v) is 3.26. The number of fused-ring (bicyclic) bond motifs is 1. The molecule has 1 amide bonds. The zero-order valence-corrected chi connectivity index (χ0v) is 11.0. The maximum absolute atomic E-state index is 12.2. The van der Waals surface area contributed by atoms with Crippen molar-refractivity contribution in [2.75, 3.05) is 11.9 Å². The minimum absolute atomic E-state index is 0.0575. The van der Waals surface area contributed by atoms with Crippen LogP contribution in [0.5, 0.6) is 0 Å². The van der Waals surface area contributed by atoms with Crippen LogP contribution in [-0.4, -0.2) is 17.4 Å². The third kappa shape index (κ3) is 2.11. The van der Waals surface area contributed by atoms with Crippen LogP contribution >= 0.6 is 0 Å². The van der Waals surface area contributed by atoms with Crippen molar-refractivity contribution in [1.29, 1.82) is 0 Å². The predicted molar refractivity (Wildman–Crippen MR) is 74.5 cm³/mol. The van der Waals surface area contributed by atoms with Gasteiger partial charge in [-0.3, -0.25) is 4.79 Å². The van der Waals surface area contributed by atoms with E-state index in [2.05, 4.69) is 10.3 Å². The quantitative estimate of drug-likeness (QED) is 0.777. The van der Waals surface area contributed by atoms with Gasteiger partial charge >= 0.3 is 0 Å². The van der Waals surface area contributed by atoms with Crippen molar-refractivity contribution in [3.05, 3.63) is 30.0 Å². The number of benzene rings is 1. The summed E-state index contributed by atoms with van der Waals surface area (Å²) in [6, 6.07) is 7.91. The summed E-state index contributed by atoms with van der Waals surface area (Å²) in [5, 5.41) is 4.00. The predicted octanol–water partition coefficient (Wildman–Crippen LogP) is 2.40. The molecule has 1 aromatic carbocycles. The summed E-state index contributed by atoms with van der Waals surface area (Å²) in [6.07, 6.45) is 0. The Bertz CT molecular complexity index is 584. The molecule has 0 saturated carbocycles. The molecule has 0 unspecified atom stereocenters. The lowest BCUT2D eigenvalue weighted by atomic mass is 9.92. The summed E-state index contributed by atoms with van der Waals surface area (Å²) in [7, 11) is 0. The first-order valence-corrected chi connectivity index (χ1v) is 6.04. The standard InChI is InChI=1S/C14H19N3O/c1-9-12(17-13(18)14(2,3)8-15)10-6-4-5-7-11(10)16-9/h4-7,16H,8,15H2,1-3H3,(H,17,18). The van der Waals surface area contributed by atoms with Crippen LogP contribution in [0.2, 0.25) is 0 Å². The fraction of sp³-hybridized carbons (Fsp3) is 0.357. The van der Waals surface area contributed by atoms with Gasteiger partial charge < -0.3 is 16.0 Å². The fourth-order valence-corrected chi connectivity index (χ4v) is 1.81. The number of aromatic nitrogens is 1. The van der Waals surface area contributed by atoms with Gasteiger partial charge in [0, 0.05) is 23.1 Å². The van der Waals surface area contributed by atoms with Crippen LogP contribution in [0.25, 0.3) is 10.9 Å². The molecule has 0 aliphatic carbocycles. The lowest BCUT2D eigenvalue weighted by Crippen LogP contribution is -2.37. The second kappa shape index (κ2) is 4.46. The molecule has 2 rings (SSSR count). The van der Waals surface area contributed by atoms with Gasteiger partial charge in [0.05, 0.1) is 11.1 Å². The summed E-state index contributed by atoms with van der Waals surface area (Å²) in [6.45, 7) is 5.95. The zero-order chi connectivity index (χ0) is 13.3. The molecule has 0 fully saturated rings. The minimum Gasteiger partial charge on any atom is -0.357 e. The van der Waals surface area contributed by atoms with Crippen LogP contribution in [-0.2, 0) is 4.79 Å². The highest BCUT2D eigenvalue weighted by Gasteiger charge is 2.26. The summed E-state index contributed by atoms with van der Waals surface area (Å²) >= 11 is 0. The average molecular weight is 245 g/mol. The second-order valence-electron chi connectivity index (χ2n) is 5.21. The molecule has 0 saturated heterocycles. The second-order valence-corrected chi connectivity index (χ2v) is 5.21. The van der Waals surface area contributed by atoms with Crippen LogP contribution < -0.4 is 11.1 Å². The molecule has 4 N–H and O–H groups in total. The topological polar surface area (TPSA) is 70.9 Å². The number of carbonyl (C=O) groups excluding carboxylic acids is 1. The summed E-state index contributed by atoms with van der Waals surface area (Å²) in [4.78, 5) is 15.4. The van der Waals surface area contributed by atoms with E-state index in [9.17, 15) is 4.79 Å². The number of hydrogen-bond acceptors (Lipinski definition) is 2. The highest BCUT2D eigenvalue weighted by atomic mass is 16.2. The average Bonchev–Trinajstić information content (AvgIpc) is 2.66. The van der Waals surface area contributed by atoms with Crippen molar-refractivity contribution >= 4 is 22.5 Å². The Morgan fingerprint density at radius 1 is 1.39 bits per heavy atom. The highest BCUT2D eigenvalue weighted by molar-refractivity contribution is 6.04. The van der Waals surface area contributed by atoms with Crippen molar-refractivity contribution in [1.82, 2.24) is 4.98 Å². The first-order valence-electron chi connectivity index (χ1n) is 6.04. The summed E-state index contributed by atoms with van der Waals surface area (Å²) < 4.78 is 0. The van der Waals surface area contributed by atoms with Gasteiger partial charge in [-0.15, -0.1) is 0 Å². The number of carbonyl (C=O) groups is 1. The molecular weight excluding hydrogens is 226 g/mol. The number of nitrogens with one attached hydrogen (secondary N) is 2. The molecule has 4 nitrogen and oxygen atoms in total. The van der Waals surface area contributed by atoms with E-state index in [1.54, 1.807) is 0 Å². The SMILES string of the molecule is Cc1[nH]c2ccccc2c1NC(=O)C(C)(C)CN. The Kier molecular flexibility index (Phi) is 3.13. The van der Waals surface area contributed by atoms with Gasteiger partial charge in [-0.05, 0) is 26.8 Å². The Hall–Kier alpha value is -1.81. The van der Waals surface area contributed by atoms with Crippen molar-refractivity contribution < 1.29 is 4.79 Å². The normalized spacial score (nSPS) is 11.8. The summed E-state index contributed by atoms with van der Waals surface area (Å²) in [5.41, 5.74) is 7.88. The molecule has 1 aromatic heterocycles. The molecule has 0 atom stereocenters. The van der Waals surface area contributed by atoms with Gasteiger partial charge in [0.2, 0.25) is 5.91 Å². The van der Waals surface area contributed by atoms with Crippen molar-refractivity contribution in [2.45, 2.75) is 20.8 Å². The largest absolute Gasteiger partial charge is 0.357 e. The van der Waals surface area contributed by atoms with Crippen LogP contribution in [0.3, 0.4) is 0 Å². The number of aryl methyl sites for hydroxylation is 1. The number of rotatable bonds is 3. The molecule has 4 heteroatoms. The lowest BCUT2D eigenvalue weighted by Gasteiger charge is -2.21. The van der Waals surface area contributed by atoms with Crippen molar-refractivity contribution in [3.63, 3.8) is 0 Å². The van der Waals surface area contributed by atoms with Crippen LogP contribution in [0.15, 0.2) is 24.3 Å². The molecule has 0 aliphatic heterocycles. The Balaban J connectivity index is 2.38. The molecular formula is C14H19N3O. The van der Waals surface area contributed by atoms with Gasteiger partial charge in [-0.25, -0.2) is 0 Å². The Labute approximate surface area is 107 Å². The minimum atomic E-state index is -0.565. The number of H-pyrrole nitrogens is 1. The van der Waals surface area contributed by atoms with Gasteiger partial charge in [0.1, 0.15) is 0 Å². The fourth-order valence-electron chi connectivity index (χ4n) is 1.81. The highest BCUT2D eigenvalue weighted by Crippen LogP contribution is 2.28. The molecule has 1 heterocycles. The molecule has 0 radical (unpaired) electrons. The van der Waals surface area contributed by atoms with Crippen LogP contribution in [0.1, 0.15) is 19.5 Å². The monoisotopic (exact) mass is 245 g/mol. The Morgan fingerprint density at radius 3 is 2.72 bits per heavy atom. The first-order chi connectivity index (χ1) is 8.45. The maximum atomic E-state index is 12.2. The number of amides is 1. The number of anilines is 1. The summed E-state index contributed by atoms with van der Waals surface area (Å²) in [5.74, 6) is -0.0575. The number of para-hydroxylation sites is 1. The van der Waals surface area contributed by atoms with Gasteiger partial charge in [0.25, 0.3) is 0 Å². The van der Waals surface area contributed by atoms with Crippen LogP contribution in [0.4, 0.5) is 5.69 Å². The van der Waals surface area contributed by atoms with Crippen molar-refractivity contribution in [3.8, 4) is 0 Å². The zero-order valence-electron chi connectivity index (χ0n) is 11.0. The number of aromatic amines is 1. The molecule has 2 aromatic rings. The molecule has 0 bridgehead atoms. The van der Waals surface area contributed by atoms with E-state index in [1.165, 1.54) is 0 Å². The van der Waals surface area contributed by atoms with Crippen molar-refractivity contribution in [2.24, 2.45) is 11.1 Å². The van der Waals surface area contributed by atoms with E-state index in [1.807, 2.05) is 45.0 Å². The van der Waals surface area contributed by atoms with Gasteiger partial charge in [-0.1, -0.05) is 18.2 Å². The Morgan fingerprint density at radius 2 is 2.06 bits per heavy atom. The molecule has 96 valence electrons.